The van der Waals surface area contributed by atoms with Gasteiger partial charge in [0.25, 0.3) is 11.8 Å². The van der Waals surface area contributed by atoms with Crippen LogP contribution in [0, 0.1) is 6.92 Å². The molecule has 0 aromatic heterocycles. The second-order valence-corrected chi connectivity index (χ2v) is 8.99. The summed E-state index contributed by atoms with van der Waals surface area (Å²) in [6.45, 7) is 2.76. The molecule has 0 spiro atoms. The SMILES string of the molecule is Cc1ccc(-c2ccccc2C(=O)Nc2ccc(C(=O)N3CCCCc4ccccc43)cc2)cc1. The van der Waals surface area contributed by atoms with Crippen molar-refractivity contribution in [1.82, 2.24) is 0 Å². The number of hydrogen-bond donors (Lipinski definition) is 1. The van der Waals surface area contributed by atoms with Crippen molar-refractivity contribution < 1.29 is 9.59 Å². The molecule has 0 atom stereocenters. The predicted molar refractivity (Wildman–Crippen MR) is 142 cm³/mol. The van der Waals surface area contributed by atoms with E-state index in [2.05, 4.69) is 11.4 Å². The second kappa shape index (κ2) is 9.98. The Labute approximate surface area is 206 Å². The highest BCUT2D eigenvalue weighted by Gasteiger charge is 2.22. The Hall–Kier alpha value is -4.18. The number of hydrogen-bond acceptors (Lipinski definition) is 2. The van der Waals surface area contributed by atoms with Gasteiger partial charge < -0.3 is 10.2 Å². The monoisotopic (exact) mass is 460 g/mol. The first-order chi connectivity index (χ1) is 17.1. The van der Waals surface area contributed by atoms with Gasteiger partial charge in [-0.05, 0) is 79.3 Å². The van der Waals surface area contributed by atoms with Crippen molar-refractivity contribution in [3.05, 3.63) is 119 Å². The lowest BCUT2D eigenvalue weighted by Crippen LogP contribution is -2.31. The molecule has 2 amide bonds. The van der Waals surface area contributed by atoms with E-state index in [9.17, 15) is 9.59 Å². The molecule has 4 aromatic rings. The summed E-state index contributed by atoms with van der Waals surface area (Å²) in [4.78, 5) is 28.3. The summed E-state index contributed by atoms with van der Waals surface area (Å²) in [5.41, 5.74) is 7.15. The van der Waals surface area contributed by atoms with Crippen molar-refractivity contribution in [2.24, 2.45) is 0 Å². The molecule has 4 aromatic carbocycles. The Balaban J connectivity index is 1.34. The average Bonchev–Trinajstić information content (AvgIpc) is 3.12. The number of nitrogens with zero attached hydrogens (tertiary/aromatic N) is 1. The smallest absolute Gasteiger partial charge is 0.258 e. The van der Waals surface area contributed by atoms with Crippen molar-refractivity contribution in [2.75, 3.05) is 16.8 Å². The molecule has 0 fully saturated rings. The van der Waals surface area contributed by atoms with E-state index in [1.807, 2.05) is 78.6 Å². The van der Waals surface area contributed by atoms with Gasteiger partial charge in [-0.15, -0.1) is 0 Å². The van der Waals surface area contributed by atoms with Gasteiger partial charge in [0.15, 0.2) is 0 Å². The molecule has 174 valence electrons. The van der Waals surface area contributed by atoms with Gasteiger partial charge >= 0.3 is 0 Å². The summed E-state index contributed by atoms with van der Waals surface area (Å²) in [5.74, 6) is -0.191. The highest BCUT2D eigenvalue weighted by Crippen LogP contribution is 2.28. The van der Waals surface area contributed by atoms with Crippen molar-refractivity contribution in [3.63, 3.8) is 0 Å². The lowest BCUT2D eigenvalue weighted by Gasteiger charge is -2.23. The zero-order chi connectivity index (χ0) is 24.2. The first kappa shape index (κ1) is 22.6. The number of fused-ring (bicyclic) bond motifs is 1. The van der Waals surface area contributed by atoms with E-state index in [0.717, 1.165) is 36.1 Å². The average molecular weight is 461 g/mol. The number of aryl methyl sites for hydroxylation is 2. The van der Waals surface area contributed by atoms with Gasteiger partial charge in [-0.2, -0.15) is 0 Å². The minimum atomic E-state index is -0.179. The number of nitrogens with one attached hydrogen (secondary N) is 1. The topological polar surface area (TPSA) is 49.4 Å². The van der Waals surface area contributed by atoms with Crippen LogP contribution in [-0.4, -0.2) is 18.4 Å². The zero-order valence-corrected chi connectivity index (χ0v) is 19.8. The fourth-order valence-electron chi connectivity index (χ4n) is 4.62. The first-order valence-corrected chi connectivity index (χ1v) is 12.1. The number of anilines is 2. The van der Waals surface area contributed by atoms with Crippen LogP contribution in [0.1, 0.15) is 44.7 Å². The molecular weight excluding hydrogens is 432 g/mol. The summed E-state index contributed by atoms with van der Waals surface area (Å²) < 4.78 is 0. The fourth-order valence-corrected chi connectivity index (χ4v) is 4.62. The van der Waals surface area contributed by atoms with Crippen LogP contribution in [0.4, 0.5) is 11.4 Å². The molecule has 0 bridgehead atoms. The van der Waals surface area contributed by atoms with Crippen molar-refractivity contribution in [2.45, 2.75) is 26.2 Å². The van der Waals surface area contributed by atoms with E-state index < -0.39 is 0 Å². The van der Waals surface area contributed by atoms with Gasteiger partial charge in [-0.3, -0.25) is 9.59 Å². The van der Waals surface area contributed by atoms with Crippen LogP contribution in [0.25, 0.3) is 11.1 Å². The molecule has 5 rings (SSSR count). The molecule has 0 saturated carbocycles. The van der Waals surface area contributed by atoms with Crippen LogP contribution < -0.4 is 10.2 Å². The number of para-hydroxylation sites is 1. The van der Waals surface area contributed by atoms with E-state index >= 15 is 0 Å². The summed E-state index contributed by atoms with van der Waals surface area (Å²) in [5, 5.41) is 2.99. The Morgan fingerprint density at radius 2 is 1.49 bits per heavy atom. The van der Waals surface area contributed by atoms with Gasteiger partial charge in [-0.1, -0.05) is 66.2 Å². The number of rotatable bonds is 4. The third-order valence-electron chi connectivity index (χ3n) is 6.53. The Kier molecular flexibility index (Phi) is 6.44. The van der Waals surface area contributed by atoms with E-state index in [1.54, 1.807) is 24.3 Å². The lowest BCUT2D eigenvalue weighted by molar-refractivity contribution is 0.0985. The molecule has 1 N–H and O–H groups in total. The van der Waals surface area contributed by atoms with Gasteiger partial charge in [0.2, 0.25) is 0 Å². The Bertz CT molecular complexity index is 1360. The van der Waals surface area contributed by atoms with E-state index in [-0.39, 0.29) is 11.8 Å². The summed E-state index contributed by atoms with van der Waals surface area (Å²) in [6.07, 6.45) is 3.06. The molecule has 35 heavy (non-hydrogen) atoms. The molecule has 0 saturated heterocycles. The Morgan fingerprint density at radius 1 is 0.771 bits per heavy atom. The molecule has 1 heterocycles. The third-order valence-corrected chi connectivity index (χ3v) is 6.53. The van der Waals surface area contributed by atoms with Crippen LogP contribution in [0.15, 0.2) is 97.1 Å². The maximum Gasteiger partial charge on any atom is 0.258 e. The van der Waals surface area contributed by atoms with Gasteiger partial charge in [0.1, 0.15) is 0 Å². The van der Waals surface area contributed by atoms with Crippen LogP contribution in [-0.2, 0) is 6.42 Å². The lowest BCUT2D eigenvalue weighted by atomic mass is 9.98. The second-order valence-electron chi connectivity index (χ2n) is 8.99. The standard InChI is InChI=1S/C31H28N2O2/c1-22-13-15-23(16-14-22)27-10-3-4-11-28(27)30(34)32-26-19-17-25(18-20-26)31(35)33-21-7-6-9-24-8-2-5-12-29(24)33/h2-5,8,10-20H,6-7,9,21H2,1H3,(H,32,34). The summed E-state index contributed by atoms with van der Waals surface area (Å²) in [6, 6.07) is 31.1. The molecule has 4 heteroatoms. The highest BCUT2D eigenvalue weighted by atomic mass is 16.2. The molecule has 1 aliphatic heterocycles. The number of benzene rings is 4. The third kappa shape index (κ3) is 4.87. The largest absolute Gasteiger partial charge is 0.322 e. The van der Waals surface area contributed by atoms with Crippen LogP contribution >= 0.6 is 0 Å². The van der Waals surface area contributed by atoms with Crippen LogP contribution in [0.2, 0.25) is 0 Å². The quantitative estimate of drug-likeness (QED) is 0.360. The van der Waals surface area contributed by atoms with Gasteiger partial charge in [0.05, 0.1) is 0 Å². The van der Waals surface area contributed by atoms with Crippen LogP contribution in [0.3, 0.4) is 0 Å². The highest BCUT2D eigenvalue weighted by molar-refractivity contribution is 6.09. The minimum Gasteiger partial charge on any atom is -0.322 e. The first-order valence-electron chi connectivity index (χ1n) is 12.1. The molecule has 0 radical (unpaired) electrons. The normalized spacial score (nSPS) is 13.0. The summed E-state index contributed by atoms with van der Waals surface area (Å²) >= 11 is 0. The molecule has 0 unspecified atom stereocenters. The van der Waals surface area contributed by atoms with Crippen molar-refractivity contribution in [1.29, 1.82) is 0 Å². The van der Waals surface area contributed by atoms with E-state index in [4.69, 9.17) is 0 Å². The van der Waals surface area contributed by atoms with Gasteiger partial charge in [-0.25, -0.2) is 0 Å². The van der Waals surface area contributed by atoms with E-state index in [1.165, 1.54) is 11.1 Å². The van der Waals surface area contributed by atoms with Crippen molar-refractivity contribution in [3.8, 4) is 11.1 Å². The number of amides is 2. The van der Waals surface area contributed by atoms with Gasteiger partial charge in [0, 0.05) is 29.0 Å². The number of carbonyl (C=O) groups is 2. The predicted octanol–water partition coefficient (Wildman–Crippen LogP) is 6.90. The minimum absolute atomic E-state index is 0.0121. The van der Waals surface area contributed by atoms with Crippen LogP contribution in [0.5, 0.6) is 0 Å². The molecular formula is C31H28N2O2. The zero-order valence-electron chi connectivity index (χ0n) is 19.8. The summed E-state index contributed by atoms with van der Waals surface area (Å²) in [7, 11) is 0. The molecule has 1 aliphatic rings. The Morgan fingerprint density at radius 3 is 2.29 bits per heavy atom. The van der Waals surface area contributed by atoms with Crippen molar-refractivity contribution >= 4 is 23.2 Å². The molecule has 0 aliphatic carbocycles. The maximum atomic E-state index is 13.3. The van der Waals surface area contributed by atoms with E-state index in [0.29, 0.717) is 23.4 Å². The molecule has 4 nitrogen and oxygen atoms in total. The maximum absolute atomic E-state index is 13.3. The number of carbonyl (C=O) groups excluding carboxylic acids is 2. The fraction of sp³-hybridized carbons (Fsp3) is 0.161.